The lowest BCUT2D eigenvalue weighted by molar-refractivity contribution is -0.122. The number of halogens is 2. The number of nitrogens with zero attached hydrogens (tertiary/aromatic N) is 2. The molecule has 174 valence electrons. The highest BCUT2D eigenvalue weighted by atomic mass is 35.5. The molecule has 1 fully saturated rings. The number of ether oxygens (including phenoxy) is 1. The molecule has 1 aliphatic heterocycles. The molecule has 0 saturated carbocycles. The van der Waals surface area contributed by atoms with Crippen molar-refractivity contribution in [1.29, 1.82) is 0 Å². The van der Waals surface area contributed by atoms with Crippen LogP contribution < -0.4 is 15.0 Å². The van der Waals surface area contributed by atoms with E-state index in [9.17, 15) is 9.59 Å². The molecule has 4 rings (SSSR count). The van der Waals surface area contributed by atoms with Gasteiger partial charge >= 0.3 is 0 Å². The average molecular weight is 514 g/mol. The van der Waals surface area contributed by atoms with Crippen LogP contribution in [-0.4, -0.2) is 28.1 Å². The third-order valence-electron chi connectivity index (χ3n) is 5.45. The van der Waals surface area contributed by atoms with Crippen molar-refractivity contribution >= 4 is 64.1 Å². The molecule has 9 heteroatoms. The molecule has 0 atom stereocenters. The van der Waals surface area contributed by atoms with Gasteiger partial charge in [-0.05, 0) is 87.1 Å². The smallest absolute Gasteiger partial charge is 0.270 e. The third kappa shape index (κ3) is 4.34. The van der Waals surface area contributed by atoms with E-state index in [0.29, 0.717) is 12.3 Å². The number of hydrogen-bond acceptors (Lipinski definition) is 4. The van der Waals surface area contributed by atoms with Gasteiger partial charge in [0.25, 0.3) is 11.8 Å². The van der Waals surface area contributed by atoms with Gasteiger partial charge in [0, 0.05) is 17.1 Å². The van der Waals surface area contributed by atoms with Gasteiger partial charge in [-0.1, -0.05) is 29.3 Å². The lowest BCUT2D eigenvalue weighted by Crippen LogP contribution is -2.54. The van der Waals surface area contributed by atoms with Crippen molar-refractivity contribution in [2.45, 2.75) is 20.8 Å². The number of aromatic nitrogens is 1. The summed E-state index contributed by atoms with van der Waals surface area (Å²) in [6.45, 7) is 6.42. The Morgan fingerprint density at radius 1 is 1.09 bits per heavy atom. The maximum atomic E-state index is 13.4. The molecule has 0 spiro atoms. The SMILES string of the molecule is CCOc1ccc(-n2c(C)cc(/C=C3\C(=O)NC(=S)N(c4cccc(Cl)c4Cl)C3=O)c2C)cc1. The fourth-order valence-electron chi connectivity index (χ4n) is 3.89. The highest BCUT2D eigenvalue weighted by Crippen LogP contribution is 2.34. The fraction of sp³-hybridized carbons (Fsp3) is 0.160. The lowest BCUT2D eigenvalue weighted by Gasteiger charge is -2.29. The first-order valence-corrected chi connectivity index (χ1v) is 11.7. The molecule has 2 amide bonds. The molecule has 1 aromatic heterocycles. The molecule has 1 aliphatic rings. The van der Waals surface area contributed by atoms with Crippen LogP contribution in [0.2, 0.25) is 10.0 Å². The molecule has 2 heterocycles. The van der Waals surface area contributed by atoms with E-state index in [1.165, 1.54) is 4.90 Å². The molecule has 34 heavy (non-hydrogen) atoms. The first-order chi connectivity index (χ1) is 16.2. The molecular formula is C25H21Cl2N3O3S. The quantitative estimate of drug-likeness (QED) is 0.272. The number of thiocarbonyl (C=S) groups is 1. The average Bonchev–Trinajstić information content (AvgIpc) is 3.07. The Morgan fingerprint density at radius 3 is 2.47 bits per heavy atom. The summed E-state index contributed by atoms with van der Waals surface area (Å²) in [5, 5.41) is 2.96. The number of aryl methyl sites for hydroxylation is 1. The second-order valence-corrected chi connectivity index (χ2v) is 8.79. The second-order valence-electron chi connectivity index (χ2n) is 7.62. The van der Waals surface area contributed by atoms with E-state index in [1.807, 2.05) is 55.7 Å². The van der Waals surface area contributed by atoms with Gasteiger partial charge in [0.1, 0.15) is 11.3 Å². The summed E-state index contributed by atoms with van der Waals surface area (Å²) < 4.78 is 7.57. The van der Waals surface area contributed by atoms with Crippen molar-refractivity contribution in [2.24, 2.45) is 0 Å². The van der Waals surface area contributed by atoms with Crippen LogP contribution in [0, 0.1) is 13.8 Å². The van der Waals surface area contributed by atoms with E-state index >= 15 is 0 Å². The highest BCUT2D eigenvalue weighted by molar-refractivity contribution is 7.80. The van der Waals surface area contributed by atoms with Crippen molar-refractivity contribution in [3.63, 3.8) is 0 Å². The monoisotopic (exact) mass is 513 g/mol. The fourth-order valence-corrected chi connectivity index (χ4v) is 4.54. The standard InChI is InChI=1S/C25H21Cl2N3O3S/c1-4-33-18-10-8-17(9-11-18)29-14(2)12-16(15(29)3)13-19-23(31)28-25(34)30(24(19)32)21-7-5-6-20(26)22(21)27/h5-13H,4H2,1-3H3,(H,28,31,34)/b19-13+. The van der Waals surface area contributed by atoms with E-state index in [4.69, 9.17) is 40.2 Å². The Labute approximate surface area is 212 Å². The summed E-state index contributed by atoms with van der Waals surface area (Å²) in [4.78, 5) is 27.3. The van der Waals surface area contributed by atoms with Crippen LogP contribution in [0.3, 0.4) is 0 Å². The molecule has 0 radical (unpaired) electrons. The van der Waals surface area contributed by atoms with Gasteiger partial charge in [-0.15, -0.1) is 0 Å². The van der Waals surface area contributed by atoms with Crippen LogP contribution in [0.4, 0.5) is 5.69 Å². The number of carbonyl (C=O) groups excluding carboxylic acids is 2. The van der Waals surface area contributed by atoms with Gasteiger partial charge in [0.05, 0.1) is 22.3 Å². The predicted octanol–water partition coefficient (Wildman–Crippen LogP) is 5.63. The summed E-state index contributed by atoms with van der Waals surface area (Å²) in [7, 11) is 0. The summed E-state index contributed by atoms with van der Waals surface area (Å²) in [5.41, 5.74) is 3.73. The predicted molar refractivity (Wildman–Crippen MR) is 139 cm³/mol. The maximum absolute atomic E-state index is 13.4. The molecule has 2 aromatic carbocycles. The topological polar surface area (TPSA) is 63.6 Å². The van der Waals surface area contributed by atoms with Gasteiger partial charge in [-0.2, -0.15) is 0 Å². The Bertz CT molecular complexity index is 1350. The van der Waals surface area contributed by atoms with E-state index in [1.54, 1.807) is 24.3 Å². The number of hydrogen-bond donors (Lipinski definition) is 1. The molecule has 1 saturated heterocycles. The highest BCUT2D eigenvalue weighted by Gasteiger charge is 2.36. The minimum atomic E-state index is -0.580. The maximum Gasteiger partial charge on any atom is 0.270 e. The second kappa shape index (κ2) is 9.62. The van der Waals surface area contributed by atoms with Crippen LogP contribution in [0.15, 0.2) is 54.1 Å². The number of rotatable bonds is 5. The zero-order valence-electron chi connectivity index (χ0n) is 18.7. The molecule has 0 bridgehead atoms. The number of carbonyl (C=O) groups is 2. The van der Waals surface area contributed by atoms with Gasteiger partial charge in [-0.25, -0.2) is 0 Å². The lowest BCUT2D eigenvalue weighted by atomic mass is 10.1. The van der Waals surface area contributed by atoms with Crippen molar-refractivity contribution in [3.8, 4) is 11.4 Å². The molecule has 3 aromatic rings. The summed E-state index contributed by atoms with van der Waals surface area (Å²) >= 11 is 17.7. The van der Waals surface area contributed by atoms with Crippen molar-refractivity contribution in [3.05, 3.63) is 81.1 Å². The molecule has 1 N–H and O–H groups in total. The zero-order valence-corrected chi connectivity index (χ0v) is 21.0. The summed E-state index contributed by atoms with van der Waals surface area (Å²) in [6.07, 6.45) is 1.57. The number of nitrogens with one attached hydrogen (secondary N) is 1. The van der Waals surface area contributed by atoms with Crippen LogP contribution >= 0.6 is 35.4 Å². The zero-order chi connectivity index (χ0) is 24.6. The molecule has 0 unspecified atom stereocenters. The minimum Gasteiger partial charge on any atom is -0.494 e. The van der Waals surface area contributed by atoms with Crippen LogP contribution in [0.1, 0.15) is 23.9 Å². The first-order valence-electron chi connectivity index (χ1n) is 10.5. The number of amides is 2. The molecule has 0 aliphatic carbocycles. The number of anilines is 1. The van der Waals surface area contributed by atoms with Gasteiger partial charge in [-0.3, -0.25) is 19.8 Å². The Kier molecular flexibility index (Phi) is 6.79. The summed E-state index contributed by atoms with van der Waals surface area (Å²) in [6, 6.07) is 14.5. The van der Waals surface area contributed by atoms with Gasteiger partial charge in [0.15, 0.2) is 5.11 Å². The van der Waals surface area contributed by atoms with Crippen LogP contribution in [-0.2, 0) is 9.59 Å². The van der Waals surface area contributed by atoms with E-state index in [-0.39, 0.29) is 20.7 Å². The van der Waals surface area contributed by atoms with E-state index < -0.39 is 11.8 Å². The molecule has 6 nitrogen and oxygen atoms in total. The summed E-state index contributed by atoms with van der Waals surface area (Å²) in [5.74, 6) is -0.365. The minimum absolute atomic E-state index is 0.0587. The largest absolute Gasteiger partial charge is 0.494 e. The third-order valence-corrected chi connectivity index (χ3v) is 6.54. The van der Waals surface area contributed by atoms with Crippen LogP contribution in [0.5, 0.6) is 5.75 Å². The van der Waals surface area contributed by atoms with Gasteiger partial charge in [0.2, 0.25) is 0 Å². The van der Waals surface area contributed by atoms with Crippen molar-refractivity contribution in [2.75, 3.05) is 11.5 Å². The molecular weight excluding hydrogens is 493 g/mol. The van der Waals surface area contributed by atoms with Crippen molar-refractivity contribution < 1.29 is 14.3 Å². The Hall–Kier alpha value is -3.13. The normalized spacial score (nSPS) is 15.1. The first kappa shape index (κ1) is 24.0. The van der Waals surface area contributed by atoms with Crippen molar-refractivity contribution in [1.82, 2.24) is 9.88 Å². The Morgan fingerprint density at radius 2 is 1.79 bits per heavy atom. The number of benzene rings is 2. The van der Waals surface area contributed by atoms with Crippen LogP contribution in [0.25, 0.3) is 11.8 Å². The van der Waals surface area contributed by atoms with E-state index in [2.05, 4.69) is 5.32 Å². The van der Waals surface area contributed by atoms with E-state index in [0.717, 1.165) is 28.4 Å². The Balaban J connectivity index is 1.74. The van der Waals surface area contributed by atoms with Gasteiger partial charge < -0.3 is 9.30 Å².